The fourth-order valence-corrected chi connectivity index (χ4v) is 1.58. The molecule has 0 radical (unpaired) electrons. The van der Waals surface area contributed by atoms with Crippen LogP contribution in [-0.4, -0.2) is 15.6 Å². The lowest BCUT2D eigenvalue weighted by Gasteiger charge is -1.99. The van der Waals surface area contributed by atoms with Gasteiger partial charge in [0.05, 0.1) is 6.20 Å². The first-order chi connectivity index (χ1) is 5.70. The first-order valence-corrected chi connectivity index (χ1v) is 4.23. The molecule has 0 aliphatic heterocycles. The lowest BCUT2D eigenvalue weighted by molar-refractivity contribution is 0.100. The predicted molar refractivity (Wildman–Crippen MR) is 45.2 cm³/mol. The van der Waals surface area contributed by atoms with Gasteiger partial charge >= 0.3 is 0 Å². The van der Waals surface area contributed by atoms with E-state index in [0.717, 1.165) is 11.3 Å². The van der Waals surface area contributed by atoms with Crippen LogP contribution in [-0.2, 0) is 7.05 Å². The van der Waals surface area contributed by atoms with Crippen molar-refractivity contribution in [2.24, 2.45) is 7.05 Å². The summed E-state index contributed by atoms with van der Waals surface area (Å²) in [6.45, 7) is 1.60. The summed E-state index contributed by atoms with van der Waals surface area (Å²) in [7, 11) is 1.82. The highest BCUT2D eigenvalue weighted by Crippen LogP contribution is 2.41. The Morgan fingerprint density at radius 1 is 1.67 bits per heavy atom. The smallest absolute Gasteiger partial charge is 0.178 e. The molecular weight excluding hydrogens is 152 g/mol. The van der Waals surface area contributed by atoms with Crippen LogP contribution in [0.4, 0.5) is 0 Å². The SMILES string of the molecule is CC(=O)c1c(C2CC2)cnn1C. The van der Waals surface area contributed by atoms with Gasteiger partial charge < -0.3 is 0 Å². The van der Waals surface area contributed by atoms with E-state index in [-0.39, 0.29) is 5.78 Å². The lowest BCUT2D eigenvalue weighted by atomic mass is 10.1. The summed E-state index contributed by atoms with van der Waals surface area (Å²) < 4.78 is 1.68. The second-order valence-corrected chi connectivity index (χ2v) is 3.40. The summed E-state index contributed by atoms with van der Waals surface area (Å²) in [5, 5.41) is 4.09. The Bertz CT molecular complexity index is 323. The summed E-state index contributed by atoms with van der Waals surface area (Å²) in [5.74, 6) is 0.731. The number of Topliss-reactive ketones (excluding diaryl/α,β-unsaturated/α-hetero) is 1. The maximum atomic E-state index is 11.2. The third-order valence-corrected chi connectivity index (χ3v) is 2.32. The van der Waals surface area contributed by atoms with Crippen LogP contribution >= 0.6 is 0 Å². The van der Waals surface area contributed by atoms with Gasteiger partial charge in [-0.25, -0.2) is 0 Å². The van der Waals surface area contributed by atoms with E-state index in [1.807, 2.05) is 13.2 Å². The van der Waals surface area contributed by atoms with E-state index < -0.39 is 0 Å². The Morgan fingerprint density at radius 3 is 2.83 bits per heavy atom. The molecule has 0 atom stereocenters. The number of rotatable bonds is 2. The molecule has 1 aliphatic rings. The topological polar surface area (TPSA) is 34.9 Å². The minimum Gasteiger partial charge on any atom is -0.293 e. The van der Waals surface area contributed by atoms with Gasteiger partial charge in [0.1, 0.15) is 5.69 Å². The van der Waals surface area contributed by atoms with Crippen LogP contribution in [0.15, 0.2) is 6.20 Å². The van der Waals surface area contributed by atoms with Gasteiger partial charge in [0.15, 0.2) is 5.78 Å². The summed E-state index contributed by atoms with van der Waals surface area (Å²) in [6.07, 6.45) is 4.26. The number of ketones is 1. The summed E-state index contributed by atoms with van der Waals surface area (Å²) in [6, 6.07) is 0. The third kappa shape index (κ3) is 1.05. The summed E-state index contributed by atoms with van der Waals surface area (Å²) >= 11 is 0. The number of nitrogens with zero attached hydrogens (tertiary/aromatic N) is 2. The predicted octanol–water partition coefficient (Wildman–Crippen LogP) is 1.50. The zero-order chi connectivity index (χ0) is 8.72. The zero-order valence-corrected chi connectivity index (χ0v) is 7.37. The van der Waals surface area contributed by atoms with Crippen molar-refractivity contribution >= 4 is 5.78 Å². The second-order valence-electron chi connectivity index (χ2n) is 3.40. The molecule has 0 N–H and O–H groups in total. The van der Waals surface area contributed by atoms with E-state index in [4.69, 9.17) is 0 Å². The minimum atomic E-state index is 0.122. The van der Waals surface area contributed by atoms with Gasteiger partial charge in [0.25, 0.3) is 0 Å². The third-order valence-electron chi connectivity index (χ3n) is 2.32. The van der Waals surface area contributed by atoms with Crippen LogP contribution in [0.1, 0.15) is 41.7 Å². The van der Waals surface area contributed by atoms with Crippen LogP contribution in [0.25, 0.3) is 0 Å². The molecule has 3 heteroatoms. The highest BCUT2D eigenvalue weighted by molar-refractivity contribution is 5.94. The highest BCUT2D eigenvalue weighted by atomic mass is 16.1. The first kappa shape index (κ1) is 7.53. The molecule has 1 fully saturated rings. The molecule has 12 heavy (non-hydrogen) atoms. The van der Waals surface area contributed by atoms with Crippen LogP contribution in [0.2, 0.25) is 0 Å². The highest BCUT2D eigenvalue weighted by Gasteiger charge is 2.29. The molecule has 0 spiro atoms. The molecule has 0 amide bonds. The van der Waals surface area contributed by atoms with Gasteiger partial charge in [-0.1, -0.05) is 0 Å². The van der Waals surface area contributed by atoms with E-state index in [2.05, 4.69) is 5.10 Å². The molecule has 1 aromatic rings. The Labute approximate surface area is 71.4 Å². The lowest BCUT2D eigenvalue weighted by Crippen LogP contribution is -2.05. The van der Waals surface area contributed by atoms with Gasteiger partial charge in [-0.2, -0.15) is 5.10 Å². The fourth-order valence-electron chi connectivity index (χ4n) is 1.58. The fraction of sp³-hybridized carbons (Fsp3) is 0.556. The number of aryl methyl sites for hydroxylation is 1. The summed E-state index contributed by atoms with van der Waals surface area (Å²) in [5.41, 5.74) is 1.93. The van der Waals surface area contributed by atoms with Crippen LogP contribution < -0.4 is 0 Å². The quantitative estimate of drug-likeness (QED) is 0.621. The van der Waals surface area contributed by atoms with Crippen molar-refractivity contribution in [3.05, 3.63) is 17.5 Å². The average molecular weight is 164 g/mol. The number of hydrogen-bond acceptors (Lipinski definition) is 2. The maximum absolute atomic E-state index is 11.2. The molecule has 64 valence electrons. The van der Waals surface area contributed by atoms with Gasteiger partial charge in [-0.15, -0.1) is 0 Å². The Morgan fingerprint density at radius 2 is 2.33 bits per heavy atom. The maximum Gasteiger partial charge on any atom is 0.178 e. The molecule has 0 bridgehead atoms. The molecule has 0 unspecified atom stereocenters. The molecule has 3 nitrogen and oxygen atoms in total. The van der Waals surface area contributed by atoms with Crippen LogP contribution in [0.5, 0.6) is 0 Å². The zero-order valence-electron chi connectivity index (χ0n) is 7.37. The van der Waals surface area contributed by atoms with E-state index in [9.17, 15) is 4.79 Å². The second kappa shape index (κ2) is 2.44. The van der Waals surface area contributed by atoms with Crippen molar-refractivity contribution in [2.45, 2.75) is 25.7 Å². The first-order valence-electron chi connectivity index (χ1n) is 4.23. The molecular formula is C9H12N2O. The number of hydrogen-bond donors (Lipinski definition) is 0. The summed E-state index contributed by atoms with van der Waals surface area (Å²) in [4.78, 5) is 11.2. The molecule has 1 aliphatic carbocycles. The molecule has 1 heterocycles. The standard InChI is InChI=1S/C9H12N2O/c1-6(12)9-8(7-3-4-7)5-10-11(9)2/h5,7H,3-4H2,1-2H3. The van der Waals surface area contributed by atoms with E-state index >= 15 is 0 Å². The molecule has 0 saturated heterocycles. The molecule has 1 saturated carbocycles. The van der Waals surface area contributed by atoms with Crippen molar-refractivity contribution in [1.29, 1.82) is 0 Å². The van der Waals surface area contributed by atoms with Crippen LogP contribution in [0.3, 0.4) is 0 Å². The number of carbonyl (C=O) groups excluding carboxylic acids is 1. The van der Waals surface area contributed by atoms with Gasteiger partial charge in [0.2, 0.25) is 0 Å². The monoisotopic (exact) mass is 164 g/mol. The minimum absolute atomic E-state index is 0.122. The normalized spacial score (nSPS) is 16.5. The van der Waals surface area contributed by atoms with Crippen molar-refractivity contribution in [2.75, 3.05) is 0 Å². The number of carbonyl (C=O) groups is 1. The largest absolute Gasteiger partial charge is 0.293 e. The molecule has 2 rings (SSSR count). The van der Waals surface area contributed by atoms with Crippen molar-refractivity contribution < 1.29 is 4.79 Å². The van der Waals surface area contributed by atoms with Gasteiger partial charge in [-0.3, -0.25) is 9.48 Å². The Hall–Kier alpha value is -1.12. The van der Waals surface area contributed by atoms with Crippen molar-refractivity contribution in [1.82, 2.24) is 9.78 Å². The van der Waals surface area contributed by atoms with E-state index in [1.165, 1.54) is 12.8 Å². The van der Waals surface area contributed by atoms with Gasteiger partial charge in [0, 0.05) is 19.5 Å². The Kier molecular flexibility index (Phi) is 1.53. The van der Waals surface area contributed by atoms with Crippen molar-refractivity contribution in [3.8, 4) is 0 Å². The average Bonchev–Trinajstić information content (AvgIpc) is 2.75. The van der Waals surface area contributed by atoms with Crippen molar-refractivity contribution in [3.63, 3.8) is 0 Å². The van der Waals surface area contributed by atoms with Crippen LogP contribution in [0, 0.1) is 0 Å². The van der Waals surface area contributed by atoms with E-state index in [0.29, 0.717) is 5.92 Å². The molecule has 0 aromatic carbocycles. The molecule has 1 aromatic heterocycles. The van der Waals surface area contributed by atoms with Gasteiger partial charge in [-0.05, 0) is 18.8 Å². The number of aromatic nitrogens is 2. The Balaban J connectivity index is 2.46. The van der Waals surface area contributed by atoms with E-state index in [1.54, 1.807) is 11.6 Å².